The Morgan fingerprint density at radius 1 is 0.500 bits per heavy atom. The zero-order chi connectivity index (χ0) is 29.0. The first-order valence-corrected chi connectivity index (χ1v) is 15.1. The highest BCUT2D eigenvalue weighted by molar-refractivity contribution is 6.23. The van der Waals surface area contributed by atoms with Crippen molar-refractivity contribution in [3.63, 3.8) is 0 Å². The minimum absolute atomic E-state index is 0.135. The highest BCUT2D eigenvalue weighted by Crippen LogP contribution is 2.42. The zero-order valence-corrected chi connectivity index (χ0v) is 23.9. The summed E-state index contributed by atoms with van der Waals surface area (Å²) in [4.78, 5) is 5.38. The number of hydrogen-bond acceptors (Lipinski definition) is 3. The van der Waals surface area contributed by atoms with Crippen LogP contribution in [0, 0.1) is 0 Å². The van der Waals surface area contributed by atoms with Crippen LogP contribution in [0.5, 0.6) is 0 Å². The second-order valence-corrected chi connectivity index (χ2v) is 11.3. The fraction of sp³-hybridized carbons (Fsp3) is 0.0513. The first-order chi connectivity index (χ1) is 21.8. The summed E-state index contributed by atoms with van der Waals surface area (Å²) in [6.45, 7) is 0. The predicted octanol–water partition coefficient (Wildman–Crippen LogP) is 8.69. The number of hydrogen-bond donors (Lipinski definition) is 2. The van der Waals surface area contributed by atoms with Crippen molar-refractivity contribution in [2.24, 2.45) is 4.99 Å². The number of benzene rings is 6. The second kappa shape index (κ2) is 9.97. The Morgan fingerprint density at radius 3 is 1.80 bits per heavy atom. The van der Waals surface area contributed by atoms with Crippen molar-refractivity contribution in [1.82, 2.24) is 19.8 Å². The molecule has 2 unspecified atom stereocenters. The van der Waals surface area contributed by atoms with Gasteiger partial charge in [0.15, 0.2) is 6.29 Å². The molecule has 44 heavy (non-hydrogen) atoms. The molecule has 6 aromatic carbocycles. The van der Waals surface area contributed by atoms with Gasteiger partial charge < -0.3 is 14.5 Å². The van der Waals surface area contributed by atoms with Crippen LogP contribution in [0.15, 0.2) is 157 Å². The normalized spacial score (nSPS) is 16.9. The van der Waals surface area contributed by atoms with Crippen LogP contribution >= 0.6 is 0 Å². The van der Waals surface area contributed by atoms with Gasteiger partial charge >= 0.3 is 0 Å². The van der Waals surface area contributed by atoms with Crippen molar-refractivity contribution in [3.05, 3.63) is 163 Å². The van der Waals surface area contributed by atoms with Crippen LogP contribution in [0.25, 0.3) is 49.3 Å². The highest BCUT2D eigenvalue weighted by atomic mass is 15.4. The van der Waals surface area contributed by atoms with Crippen molar-refractivity contribution in [2.45, 2.75) is 12.5 Å². The summed E-state index contributed by atoms with van der Waals surface area (Å²) in [5.74, 6) is 0.866. The average molecular weight is 568 g/mol. The topological polar surface area (TPSA) is 46.3 Å². The molecule has 0 radical (unpaired) electrons. The van der Waals surface area contributed by atoms with Crippen molar-refractivity contribution in [1.29, 1.82) is 0 Å². The minimum atomic E-state index is -0.369. The van der Waals surface area contributed by atoms with E-state index in [0.29, 0.717) is 0 Å². The molecule has 0 aliphatic carbocycles. The molecule has 0 bridgehead atoms. The molecule has 5 heteroatoms. The minimum Gasteiger partial charge on any atom is -0.350 e. The van der Waals surface area contributed by atoms with Crippen molar-refractivity contribution in [2.75, 3.05) is 0 Å². The Hall–Kier alpha value is -5.65. The average Bonchev–Trinajstić information content (AvgIpc) is 3.62. The number of rotatable bonds is 4. The van der Waals surface area contributed by atoms with Crippen molar-refractivity contribution < 1.29 is 0 Å². The van der Waals surface area contributed by atoms with E-state index in [1.54, 1.807) is 0 Å². The number of nitrogens with zero attached hydrogens (tertiary/aromatic N) is 3. The standard InChI is InChI=1S/C39H29N5/c1-4-14-26(15-5-1)37-40-38(27-16-6-2-7-17-27)42-39(41-37)44-34-23-13-11-21-30(34)32-25-24-31-29-20-10-12-22-33(29)43(35(31)36(32)44)28-18-8-3-9-19-28/h1-25,37,39,41H,(H,40,42). The van der Waals surface area contributed by atoms with E-state index in [2.05, 4.69) is 165 Å². The maximum absolute atomic E-state index is 5.38. The molecule has 1 aliphatic heterocycles. The van der Waals surface area contributed by atoms with Gasteiger partial charge in [-0.1, -0.05) is 127 Å². The molecule has 5 nitrogen and oxygen atoms in total. The molecule has 0 saturated heterocycles. The molecule has 0 amide bonds. The number of fused-ring (bicyclic) bond motifs is 7. The van der Waals surface area contributed by atoms with Gasteiger partial charge in [0.2, 0.25) is 0 Å². The van der Waals surface area contributed by atoms with E-state index in [0.717, 1.165) is 33.7 Å². The fourth-order valence-corrected chi connectivity index (χ4v) is 6.87. The fourth-order valence-electron chi connectivity index (χ4n) is 6.87. The van der Waals surface area contributed by atoms with Crippen LogP contribution in [-0.4, -0.2) is 15.0 Å². The Bertz CT molecular complexity index is 2330. The quantitative estimate of drug-likeness (QED) is 0.223. The van der Waals surface area contributed by atoms with Gasteiger partial charge in [-0.05, 0) is 29.8 Å². The third-order valence-electron chi connectivity index (χ3n) is 8.79. The van der Waals surface area contributed by atoms with Gasteiger partial charge in [-0.25, -0.2) is 4.99 Å². The molecule has 2 atom stereocenters. The van der Waals surface area contributed by atoms with Crippen LogP contribution in [0.3, 0.4) is 0 Å². The summed E-state index contributed by atoms with van der Waals surface area (Å²) in [5.41, 5.74) is 8.02. The van der Waals surface area contributed by atoms with Crippen LogP contribution in [0.1, 0.15) is 23.6 Å². The number of nitrogens with one attached hydrogen (secondary N) is 2. The Balaban J connectivity index is 1.40. The lowest BCUT2D eigenvalue weighted by Crippen LogP contribution is -2.46. The van der Waals surface area contributed by atoms with Crippen LogP contribution < -0.4 is 10.6 Å². The lowest BCUT2D eigenvalue weighted by Gasteiger charge is -2.33. The molecule has 2 aromatic heterocycles. The maximum atomic E-state index is 5.38. The molecule has 0 fully saturated rings. The van der Waals surface area contributed by atoms with E-state index in [4.69, 9.17) is 4.99 Å². The molecule has 2 N–H and O–H groups in total. The van der Waals surface area contributed by atoms with E-state index >= 15 is 0 Å². The van der Waals surface area contributed by atoms with Gasteiger partial charge in [-0.2, -0.15) is 0 Å². The predicted molar refractivity (Wildman–Crippen MR) is 181 cm³/mol. The molecule has 8 aromatic rings. The van der Waals surface area contributed by atoms with E-state index in [-0.39, 0.29) is 12.5 Å². The summed E-state index contributed by atoms with van der Waals surface area (Å²) >= 11 is 0. The molecule has 210 valence electrons. The zero-order valence-electron chi connectivity index (χ0n) is 23.9. The van der Waals surface area contributed by atoms with Gasteiger partial charge in [0.25, 0.3) is 0 Å². The maximum Gasteiger partial charge on any atom is 0.184 e. The summed E-state index contributed by atoms with van der Waals surface area (Å²) in [7, 11) is 0. The molecule has 3 heterocycles. The molecule has 0 spiro atoms. The van der Waals surface area contributed by atoms with Crippen LogP contribution in [-0.2, 0) is 0 Å². The van der Waals surface area contributed by atoms with E-state index in [9.17, 15) is 0 Å². The van der Waals surface area contributed by atoms with E-state index < -0.39 is 0 Å². The van der Waals surface area contributed by atoms with Crippen molar-refractivity contribution in [3.8, 4) is 5.69 Å². The molecule has 0 saturated carbocycles. The lowest BCUT2D eigenvalue weighted by atomic mass is 10.1. The first-order valence-electron chi connectivity index (χ1n) is 15.1. The second-order valence-electron chi connectivity index (χ2n) is 11.3. The van der Waals surface area contributed by atoms with Gasteiger partial charge in [-0.3, -0.25) is 5.32 Å². The number of aliphatic imine (C=N–C) groups is 1. The van der Waals surface area contributed by atoms with E-state index in [1.807, 2.05) is 6.07 Å². The smallest absolute Gasteiger partial charge is 0.184 e. The summed E-state index contributed by atoms with van der Waals surface area (Å²) < 4.78 is 4.82. The van der Waals surface area contributed by atoms with Crippen LogP contribution in [0.2, 0.25) is 0 Å². The lowest BCUT2D eigenvalue weighted by molar-refractivity contribution is 0.341. The summed E-state index contributed by atoms with van der Waals surface area (Å²) in [6, 6.07) is 53.6. The number of amidine groups is 1. The molecule has 1 aliphatic rings. The SMILES string of the molecule is c1ccc(C2=NC(n3c4ccccc4c4ccc5c6ccccc6n(-c6ccccc6)c5c43)NC(c3ccccc3)N2)cc1. The third kappa shape index (κ3) is 3.80. The van der Waals surface area contributed by atoms with Gasteiger partial charge in [0, 0.05) is 32.8 Å². The third-order valence-corrected chi connectivity index (χ3v) is 8.79. The summed E-state index contributed by atoms with van der Waals surface area (Å²) in [5, 5.41) is 12.4. The number of aromatic nitrogens is 2. The largest absolute Gasteiger partial charge is 0.350 e. The Labute approximate surface area is 254 Å². The Morgan fingerprint density at radius 2 is 1.07 bits per heavy atom. The van der Waals surface area contributed by atoms with Gasteiger partial charge in [0.1, 0.15) is 12.0 Å². The van der Waals surface area contributed by atoms with Gasteiger partial charge in [0.05, 0.1) is 22.1 Å². The number of para-hydroxylation sites is 3. The Kier molecular flexibility index (Phi) is 5.64. The highest BCUT2D eigenvalue weighted by Gasteiger charge is 2.29. The molecular formula is C39H29N5. The van der Waals surface area contributed by atoms with Crippen LogP contribution in [0.4, 0.5) is 0 Å². The summed E-state index contributed by atoms with van der Waals surface area (Å²) in [6.07, 6.45) is -0.504. The first kappa shape index (κ1) is 24.9. The molecular weight excluding hydrogens is 538 g/mol. The van der Waals surface area contributed by atoms with Crippen molar-refractivity contribution >= 4 is 49.4 Å². The van der Waals surface area contributed by atoms with E-state index in [1.165, 1.54) is 32.6 Å². The monoisotopic (exact) mass is 567 g/mol. The molecule has 9 rings (SSSR count). The van der Waals surface area contributed by atoms with Gasteiger partial charge in [-0.15, -0.1) is 0 Å².